The van der Waals surface area contributed by atoms with E-state index in [4.69, 9.17) is 15.6 Å². The monoisotopic (exact) mass is 286 g/mol. The first-order chi connectivity index (χ1) is 8.93. The van der Waals surface area contributed by atoms with Gasteiger partial charge in [0.1, 0.15) is 0 Å². The fraction of sp³-hybridized carbons (Fsp3) is 0.500. The average Bonchev–Trinajstić information content (AvgIpc) is 2.38. The lowest BCUT2D eigenvalue weighted by Crippen LogP contribution is -2.50. The van der Waals surface area contributed by atoms with Crippen molar-refractivity contribution >= 4 is 15.7 Å². The molecule has 0 aromatic heterocycles. The van der Waals surface area contributed by atoms with Gasteiger partial charge in [-0.3, -0.25) is 0 Å². The third-order valence-electron chi connectivity index (χ3n) is 2.99. The molecule has 0 amide bonds. The predicted octanol–water partition coefficient (Wildman–Crippen LogP) is 0.0391. The lowest BCUT2D eigenvalue weighted by Gasteiger charge is -2.35. The van der Waals surface area contributed by atoms with Gasteiger partial charge in [0.25, 0.3) is 0 Å². The van der Waals surface area contributed by atoms with Crippen LogP contribution in [0.25, 0.3) is 0 Å². The van der Waals surface area contributed by atoms with Gasteiger partial charge < -0.3 is 15.6 Å². The lowest BCUT2D eigenvalue weighted by molar-refractivity contribution is -0.0750. The molecule has 2 unspecified atom stereocenters. The van der Waals surface area contributed by atoms with E-state index in [0.29, 0.717) is 5.69 Å². The summed E-state index contributed by atoms with van der Waals surface area (Å²) >= 11 is 0. The number of morpholine rings is 1. The zero-order valence-electron chi connectivity index (χ0n) is 10.7. The van der Waals surface area contributed by atoms with E-state index in [9.17, 15) is 8.42 Å². The summed E-state index contributed by atoms with van der Waals surface area (Å²) in [6.07, 6.45) is -0.735. The Bertz CT molecular complexity index is 546. The Morgan fingerprint density at radius 1 is 1.47 bits per heavy atom. The summed E-state index contributed by atoms with van der Waals surface area (Å²) in [4.78, 5) is 0.165. The highest BCUT2D eigenvalue weighted by Gasteiger charge is 2.33. The van der Waals surface area contributed by atoms with Gasteiger partial charge in [-0.15, -0.1) is 0 Å². The van der Waals surface area contributed by atoms with Crippen molar-refractivity contribution in [1.82, 2.24) is 4.31 Å². The smallest absolute Gasteiger partial charge is 0.243 e. The maximum Gasteiger partial charge on any atom is 0.243 e. The Morgan fingerprint density at radius 2 is 2.21 bits per heavy atom. The van der Waals surface area contributed by atoms with Crippen molar-refractivity contribution in [2.75, 3.05) is 25.4 Å². The van der Waals surface area contributed by atoms with E-state index >= 15 is 0 Å². The van der Waals surface area contributed by atoms with Crippen LogP contribution in [0.2, 0.25) is 0 Å². The largest absolute Gasteiger partial charge is 0.399 e. The van der Waals surface area contributed by atoms with Crippen molar-refractivity contribution in [3.63, 3.8) is 0 Å². The normalized spacial score (nSPS) is 25.4. The Morgan fingerprint density at radius 3 is 2.84 bits per heavy atom. The first kappa shape index (κ1) is 14.3. The summed E-state index contributed by atoms with van der Waals surface area (Å²) in [7, 11) is -3.60. The minimum absolute atomic E-state index is 0.151. The molecule has 106 valence electrons. The molecule has 6 nitrogen and oxygen atoms in total. The number of sulfonamides is 1. The van der Waals surface area contributed by atoms with E-state index in [-0.39, 0.29) is 30.7 Å². The first-order valence-corrected chi connectivity index (χ1v) is 7.49. The number of aliphatic hydroxyl groups excluding tert-OH is 1. The number of hydrogen-bond acceptors (Lipinski definition) is 5. The van der Waals surface area contributed by atoms with Crippen molar-refractivity contribution in [2.24, 2.45) is 0 Å². The van der Waals surface area contributed by atoms with Crippen molar-refractivity contribution in [2.45, 2.75) is 24.0 Å². The number of rotatable bonds is 3. The number of nitrogen functional groups attached to an aromatic ring is 1. The second kappa shape index (κ2) is 5.46. The molecule has 1 aromatic carbocycles. The third kappa shape index (κ3) is 3.06. The fourth-order valence-corrected chi connectivity index (χ4v) is 3.73. The summed E-state index contributed by atoms with van der Waals surface area (Å²) < 4.78 is 31.7. The number of aliphatic hydroxyl groups is 1. The average molecular weight is 286 g/mol. The second-order valence-corrected chi connectivity index (χ2v) is 6.58. The van der Waals surface area contributed by atoms with Gasteiger partial charge in [-0.1, -0.05) is 6.07 Å². The van der Waals surface area contributed by atoms with Crippen LogP contribution < -0.4 is 5.73 Å². The van der Waals surface area contributed by atoms with Crippen molar-refractivity contribution in [1.29, 1.82) is 0 Å². The van der Waals surface area contributed by atoms with E-state index in [2.05, 4.69) is 0 Å². The molecule has 0 radical (unpaired) electrons. The maximum atomic E-state index is 12.5. The lowest BCUT2D eigenvalue weighted by atomic mass is 10.2. The zero-order chi connectivity index (χ0) is 14.0. The van der Waals surface area contributed by atoms with E-state index in [0.717, 1.165) is 0 Å². The standard InChI is InChI=1S/C12H18N2O4S/c1-9-6-14(7-11(8-15)18-9)19(16,17)12-4-2-3-10(13)5-12/h2-5,9,11,15H,6-8,13H2,1H3. The molecule has 1 aromatic rings. The van der Waals surface area contributed by atoms with Crippen LogP contribution >= 0.6 is 0 Å². The fourth-order valence-electron chi connectivity index (χ4n) is 2.12. The molecule has 19 heavy (non-hydrogen) atoms. The molecule has 0 aliphatic carbocycles. The zero-order valence-corrected chi connectivity index (χ0v) is 11.5. The molecule has 0 bridgehead atoms. The highest BCUT2D eigenvalue weighted by molar-refractivity contribution is 7.89. The van der Waals surface area contributed by atoms with Crippen LogP contribution in [-0.2, 0) is 14.8 Å². The molecule has 3 N–H and O–H groups in total. The first-order valence-electron chi connectivity index (χ1n) is 6.05. The predicted molar refractivity (Wildman–Crippen MR) is 71.0 cm³/mol. The number of nitrogens with two attached hydrogens (primary N) is 1. The van der Waals surface area contributed by atoms with Gasteiger partial charge in [0.15, 0.2) is 0 Å². The van der Waals surface area contributed by atoms with Gasteiger partial charge in [-0.05, 0) is 25.1 Å². The minimum atomic E-state index is -3.60. The molecule has 2 rings (SSSR count). The highest BCUT2D eigenvalue weighted by atomic mass is 32.2. The maximum absolute atomic E-state index is 12.5. The minimum Gasteiger partial charge on any atom is -0.399 e. The van der Waals surface area contributed by atoms with Crippen LogP contribution in [0, 0.1) is 0 Å². The topological polar surface area (TPSA) is 92.9 Å². The van der Waals surface area contributed by atoms with Crippen molar-refractivity contribution in [3.05, 3.63) is 24.3 Å². The molecule has 7 heteroatoms. The number of hydrogen-bond donors (Lipinski definition) is 2. The Labute approximate surface area is 112 Å². The van der Waals surface area contributed by atoms with Gasteiger partial charge in [-0.2, -0.15) is 4.31 Å². The SMILES string of the molecule is CC1CN(S(=O)(=O)c2cccc(N)c2)CC(CO)O1. The molecule has 2 atom stereocenters. The number of anilines is 1. The molecule has 1 aliphatic rings. The van der Waals surface area contributed by atoms with E-state index in [1.165, 1.54) is 16.4 Å². The van der Waals surface area contributed by atoms with Gasteiger partial charge in [0.2, 0.25) is 10.0 Å². The summed E-state index contributed by atoms with van der Waals surface area (Å²) in [5, 5.41) is 9.14. The molecular formula is C12H18N2O4S. The van der Waals surface area contributed by atoms with Gasteiger partial charge >= 0.3 is 0 Å². The molecular weight excluding hydrogens is 268 g/mol. The Balaban J connectivity index is 2.29. The summed E-state index contributed by atoms with van der Waals surface area (Å²) in [6, 6.07) is 6.19. The van der Waals surface area contributed by atoms with Crippen LogP contribution in [-0.4, -0.2) is 49.7 Å². The van der Waals surface area contributed by atoms with Crippen LogP contribution in [0.4, 0.5) is 5.69 Å². The molecule has 1 saturated heterocycles. The van der Waals surface area contributed by atoms with Crippen molar-refractivity contribution < 1.29 is 18.3 Å². The number of ether oxygens (including phenoxy) is 1. The number of benzene rings is 1. The van der Waals surface area contributed by atoms with E-state index in [1.54, 1.807) is 19.1 Å². The van der Waals surface area contributed by atoms with Gasteiger partial charge in [0, 0.05) is 18.8 Å². The summed E-state index contributed by atoms with van der Waals surface area (Å²) in [6.45, 7) is 2.00. The molecule has 1 fully saturated rings. The molecule has 0 spiro atoms. The highest BCUT2D eigenvalue weighted by Crippen LogP contribution is 2.22. The third-order valence-corrected chi connectivity index (χ3v) is 4.82. The van der Waals surface area contributed by atoms with Crippen LogP contribution in [0.3, 0.4) is 0 Å². The van der Waals surface area contributed by atoms with Gasteiger partial charge in [0.05, 0.1) is 23.7 Å². The van der Waals surface area contributed by atoms with Crippen LogP contribution in [0.5, 0.6) is 0 Å². The van der Waals surface area contributed by atoms with Crippen molar-refractivity contribution in [3.8, 4) is 0 Å². The Kier molecular flexibility index (Phi) is 4.10. The Hall–Kier alpha value is -1.15. The number of nitrogens with zero attached hydrogens (tertiary/aromatic N) is 1. The molecule has 1 heterocycles. The van der Waals surface area contributed by atoms with E-state index < -0.39 is 16.1 Å². The van der Waals surface area contributed by atoms with Crippen LogP contribution in [0.1, 0.15) is 6.92 Å². The quantitative estimate of drug-likeness (QED) is 0.765. The second-order valence-electron chi connectivity index (χ2n) is 4.65. The summed E-state index contributed by atoms with van der Waals surface area (Å²) in [5.41, 5.74) is 6.02. The molecule has 0 saturated carbocycles. The summed E-state index contributed by atoms with van der Waals surface area (Å²) in [5.74, 6) is 0. The van der Waals surface area contributed by atoms with Crippen LogP contribution in [0.15, 0.2) is 29.2 Å². The van der Waals surface area contributed by atoms with E-state index in [1.807, 2.05) is 0 Å². The van der Waals surface area contributed by atoms with Gasteiger partial charge in [-0.25, -0.2) is 8.42 Å². The molecule has 1 aliphatic heterocycles.